The van der Waals surface area contributed by atoms with E-state index in [1.165, 1.54) is 0 Å². The number of ether oxygens (including phenoxy) is 2. The van der Waals surface area contributed by atoms with E-state index in [-0.39, 0.29) is 12.3 Å². The van der Waals surface area contributed by atoms with E-state index in [0.717, 1.165) is 0 Å². The molecule has 0 saturated carbocycles. The lowest BCUT2D eigenvalue weighted by Crippen LogP contribution is -2.54. The predicted molar refractivity (Wildman–Crippen MR) is 64.6 cm³/mol. The summed E-state index contributed by atoms with van der Waals surface area (Å²) in [6, 6.07) is 5.00. The maximum absolute atomic E-state index is 12.3. The molecule has 1 aliphatic heterocycles. The summed E-state index contributed by atoms with van der Waals surface area (Å²) in [6.07, 6.45) is 0. The zero-order valence-corrected chi connectivity index (χ0v) is 10.3. The van der Waals surface area contributed by atoms with Gasteiger partial charge in [0.05, 0.1) is 30.8 Å². The number of carbonyl (C=O) groups is 1. The Morgan fingerprint density at radius 2 is 2.29 bits per heavy atom. The largest absolute Gasteiger partial charge is 0.497 e. The van der Waals surface area contributed by atoms with Crippen LogP contribution in [0.25, 0.3) is 0 Å². The second kappa shape index (κ2) is 4.64. The van der Waals surface area contributed by atoms with Gasteiger partial charge in [0.1, 0.15) is 5.75 Å². The highest BCUT2D eigenvalue weighted by atomic mass is 35.5. The van der Waals surface area contributed by atoms with Crippen molar-refractivity contribution in [2.45, 2.75) is 0 Å². The van der Waals surface area contributed by atoms with Crippen molar-refractivity contribution in [1.29, 1.82) is 0 Å². The van der Waals surface area contributed by atoms with Crippen molar-refractivity contribution in [3.63, 3.8) is 0 Å². The molecule has 0 atom stereocenters. The Kier molecular flexibility index (Phi) is 3.38. The molecular weight excluding hydrogens is 242 g/mol. The van der Waals surface area contributed by atoms with Crippen molar-refractivity contribution in [2.75, 3.05) is 26.9 Å². The van der Waals surface area contributed by atoms with Crippen molar-refractivity contribution < 1.29 is 14.3 Å². The van der Waals surface area contributed by atoms with Crippen molar-refractivity contribution in [3.8, 4) is 5.75 Å². The molecule has 1 fully saturated rings. The highest BCUT2D eigenvalue weighted by Gasteiger charge is 2.45. The van der Waals surface area contributed by atoms with Gasteiger partial charge in [-0.15, -0.1) is 0 Å². The van der Waals surface area contributed by atoms with Gasteiger partial charge in [0, 0.05) is 12.1 Å². The zero-order valence-electron chi connectivity index (χ0n) is 9.53. The molecule has 5 heteroatoms. The maximum Gasteiger partial charge on any atom is 0.176 e. The van der Waals surface area contributed by atoms with Crippen LogP contribution in [0.4, 0.5) is 0 Å². The lowest BCUT2D eigenvalue weighted by Gasteiger charge is -2.39. The predicted octanol–water partition coefficient (Wildman–Crippen LogP) is 1.51. The van der Waals surface area contributed by atoms with E-state index >= 15 is 0 Å². The second-order valence-corrected chi connectivity index (χ2v) is 4.56. The summed E-state index contributed by atoms with van der Waals surface area (Å²) in [5.74, 6) is 0.567. The van der Waals surface area contributed by atoms with Gasteiger partial charge in [0.15, 0.2) is 5.78 Å². The van der Waals surface area contributed by atoms with Gasteiger partial charge in [-0.3, -0.25) is 4.79 Å². The van der Waals surface area contributed by atoms with Gasteiger partial charge < -0.3 is 15.2 Å². The van der Waals surface area contributed by atoms with Gasteiger partial charge in [0.25, 0.3) is 0 Å². The van der Waals surface area contributed by atoms with Gasteiger partial charge in [-0.1, -0.05) is 11.6 Å². The molecule has 1 aromatic rings. The minimum atomic E-state index is -0.599. The summed E-state index contributed by atoms with van der Waals surface area (Å²) in [7, 11) is 1.55. The van der Waals surface area contributed by atoms with E-state index < -0.39 is 5.41 Å². The van der Waals surface area contributed by atoms with Gasteiger partial charge in [0.2, 0.25) is 0 Å². The Morgan fingerprint density at radius 1 is 1.59 bits per heavy atom. The monoisotopic (exact) mass is 255 g/mol. The van der Waals surface area contributed by atoms with Crippen molar-refractivity contribution in [2.24, 2.45) is 11.1 Å². The first-order chi connectivity index (χ1) is 8.13. The molecule has 92 valence electrons. The Labute approximate surface area is 105 Å². The normalized spacial score (nSPS) is 17.4. The molecule has 17 heavy (non-hydrogen) atoms. The smallest absolute Gasteiger partial charge is 0.176 e. The third-order valence-electron chi connectivity index (χ3n) is 3.05. The molecule has 0 bridgehead atoms. The van der Waals surface area contributed by atoms with Crippen LogP contribution in [-0.4, -0.2) is 32.7 Å². The van der Waals surface area contributed by atoms with E-state index in [9.17, 15) is 4.79 Å². The van der Waals surface area contributed by atoms with Crippen LogP contribution in [-0.2, 0) is 4.74 Å². The Morgan fingerprint density at radius 3 is 2.71 bits per heavy atom. The van der Waals surface area contributed by atoms with E-state index in [1.807, 2.05) is 0 Å². The molecule has 0 aromatic heterocycles. The summed E-state index contributed by atoms with van der Waals surface area (Å²) < 4.78 is 10.1. The molecular formula is C12H14ClNO3. The highest BCUT2D eigenvalue weighted by molar-refractivity contribution is 6.34. The summed E-state index contributed by atoms with van der Waals surface area (Å²) in [4.78, 5) is 12.3. The number of methoxy groups -OCH3 is 1. The molecule has 1 saturated heterocycles. The van der Waals surface area contributed by atoms with E-state index in [0.29, 0.717) is 29.5 Å². The standard InChI is InChI=1S/C12H14ClNO3/c1-16-8-2-3-9(10(13)4-8)11(15)12(5-14)6-17-7-12/h2-4H,5-7,14H2,1H3. The van der Waals surface area contributed by atoms with E-state index in [2.05, 4.69) is 0 Å². The topological polar surface area (TPSA) is 61.5 Å². The van der Waals surface area contributed by atoms with E-state index in [1.54, 1.807) is 25.3 Å². The average Bonchev–Trinajstić information content (AvgIpc) is 2.28. The minimum Gasteiger partial charge on any atom is -0.497 e. The number of nitrogens with two attached hydrogens (primary N) is 1. The Bertz CT molecular complexity index is 438. The van der Waals surface area contributed by atoms with E-state index in [4.69, 9.17) is 26.8 Å². The quantitative estimate of drug-likeness (QED) is 0.829. The SMILES string of the molecule is COc1ccc(C(=O)C2(CN)COC2)c(Cl)c1. The molecule has 1 aromatic carbocycles. The minimum absolute atomic E-state index is 0.0566. The van der Waals surface area contributed by atoms with Crippen LogP contribution in [0.1, 0.15) is 10.4 Å². The Balaban J connectivity index is 2.31. The third kappa shape index (κ3) is 2.04. The van der Waals surface area contributed by atoms with Crippen molar-refractivity contribution in [1.82, 2.24) is 0 Å². The molecule has 1 aliphatic rings. The van der Waals surface area contributed by atoms with Crippen LogP contribution in [0, 0.1) is 5.41 Å². The van der Waals surface area contributed by atoms with Crippen LogP contribution in [0.5, 0.6) is 5.75 Å². The maximum atomic E-state index is 12.3. The molecule has 1 heterocycles. The second-order valence-electron chi connectivity index (χ2n) is 4.15. The molecule has 0 unspecified atom stereocenters. The summed E-state index contributed by atoms with van der Waals surface area (Å²) in [5.41, 5.74) is 5.52. The summed E-state index contributed by atoms with van der Waals surface area (Å²) in [5, 5.41) is 0.383. The summed E-state index contributed by atoms with van der Waals surface area (Å²) in [6.45, 7) is 1.00. The third-order valence-corrected chi connectivity index (χ3v) is 3.36. The van der Waals surface area contributed by atoms with Gasteiger partial charge >= 0.3 is 0 Å². The number of hydrogen-bond acceptors (Lipinski definition) is 4. The fourth-order valence-electron chi connectivity index (χ4n) is 1.78. The molecule has 0 spiro atoms. The molecule has 2 N–H and O–H groups in total. The Hall–Kier alpha value is -1.10. The molecule has 0 amide bonds. The fraction of sp³-hybridized carbons (Fsp3) is 0.417. The first kappa shape index (κ1) is 12.4. The highest BCUT2D eigenvalue weighted by Crippen LogP contribution is 2.34. The van der Waals surface area contributed by atoms with Gasteiger partial charge in [-0.05, 0) is 18.2 Å². The number of ketones is 1. The van der Waals surface area contributed by atoms with Crippen LogP contribution in [0.15, 0.2) is 18.2 Å². The zero-order chi connectivity index (χ0) is 12.5. The molecule has 4 nitrogen and oxygen atoms in total. The number of halogens is 1. The lowest BCUT2D eigenvalue weighted by molar-refractivity contribution is -0.0816. The molecule has 0 aliphatic carbocycles. The van der Waals surface area contributed by atoms with Crippen LogP contribution < -0.4 is 10.5 Å². The van der Waals surface area contributed by atoms with Crippen molar-refractivity contribution >= 4 is 17.4 Å². The number of carbonyl (C=O) groups excluding carboxylic acids is 1. The van der Waals surface area contributed by atoms with Crippen molar-refractivity contribution in [3.05, 3.63) is 28.8 Å². The number of rotatable bonds is 4. The molecule has 2 rings (SSSR count). The first-order valence-corrected chi connectivity index (χ1v) is 5.67. The average molecular weight is 256 g/mol. The van der Waals surface area contributed by atoms with Crippen LogP contribution in [0.3, 0.4) is 0 Å². The summed E-state index contributed by atoms with van der Waals surface area (Å²) >= 11 is 6.06. The first-order valence-electron chi connectivity index (χ1n) is 5.29. The number of Topliss-reactive ketones (excluding diaryl/α,β-unsaturated/α-hetero) is 1. The van der Waals surface area contributed by atoms with Crippen LogP contribution >= 0.6 is 11.6 Å². The fourth-order valence-corrected chi connectivity index (χ4v) is 2.04. The number of benzene rings is 1. The van der Waals surface area contributed by atoms with Gasteiger partial charge in [-0.2, -0.15) is 0 Å². The lowest BCUT2D eigenvalue weighted by atomic mass is 9.78. The van der Waals surface area contributed by atoms with Crippen LogP contribution in [0.2, 0.25) is 5.02 Å². The molecule has 0 radical (unpaired) electrons. The van der Waals surface area contributed by atoms with Gasteiger partial charge in [-0.25, -0.2) is 0 Å². The number of hydrogen-bond donors (Lipinski definition) is 1.